The Labute approximate surface area is 202 Å². The molecule has 1 aliphatic heterocycles. The van der Waals surface area contributed by atoms with Gasteiger partial charge in [0.2, 0.25) is 11.8 Å². The minimum Gasteiger partial charge on any atom is -0.497 e. The minimum absolute atomic E-state index is 0.0441. The van der Waals surface area contributed by atoms with Gasteiger partial charge in [-0.3, -0.25) is 9.59 Å². The lowest BCUT2D eigenvalue weighted by Gasteiger charge is -2.41. The van der Waals surface area contributed by atoms with Crippen LogP contribution in [0.1, 0.15) is 49.8 Å². The number of hydrogen-bond donors (Lipinski definition) is 1. The van der Waals surface area contributed by atoms with Gasteiger partial charge in [0.15, 0.2) is 0 Å². The molecule has 0 bridgehead atoms. The highest BCUT2D eigenvalue weighted by Gasteiger charge is 2.41. The van der Waals surface area contributed by atoms with E-state index in [1.165, 1.54) is 0 Å². The number of nitrogens with zero attached hydrogens (tertiary/aromatic N) is 1. The lowest BCUT2D eigenvalue weighted by molar-refractivity contribution is -0.143. The molecular formula is C27H36N2O5. The van der Waals surface area contributed by atoms with Crippen LogP contribution in [0.25, 0.3) is 0 Å². The van der Waals surface area contributed by atoms with E-state index in [4.69, 9.17) is 14.2 Å². The molecule has 1 N–H and O–H groups in total. The predicted octanol–water partition coefficient (Wildman–Crippen LogP) is 4.15. The number of carbonyl (C=O) groups excluding carboxylic acids is 2. The summed E-state index contributed by atoms with van der Waals surface area (Å²) in [6, 6.07) is 13.0. The molecule has 7 nitrogen and oxygen atoms in total. The van der Waals surface area contributed by atoms with Crippen molar-refractivity contribution >= 4 is 11.8 Å². The van der Waals surface area contributed by atoms with E-state index in [0.717, 1.165) is 35.5 Å². The van der Waals surface area contributed by atoms with Crippen LogP contribution in [0.5, 0.6) is 17.2 Å². The van der Waals surface area contributed by atoms with Crippen molar-refractivity contribution in [1.29, 1.82) is 0 Å². The van der Waals surface area contributed by atoms with Gasteiger partial charge in [0.05, 0.1) is 33.3 Å². The number of nitrogens with one attached hydrogen (secondary N) is 1. The average molecular weight is 469 g/mol. The second-order valence-corrected chi connectivity index (χ2v) is 8.49. The number of carbonyl (C=O) groups is 2. The topological polar surface area (TPSA) is 77.1 Å². The zero-order valence-corrected chi connectivity index (χ0v) is 20.6. The number of hydrogen-bond acceptors (Lipinski definition) is 5. The summed E-state index contributed by atoms with van der Waals surface area (Å²) in [6.45, 7) is 3.20. The molecule has 2 aromatic rings. The van der Waals surface area contributed by atoms with E-state index in [0.29, 0.717) is 38.1 Å². The molecule has 2 aromatic carbocycles. The van der Waals surface area contributed by atoms with Crippen LogP contribution >= 0.6 is 0 Å². The number of amides is 2. The maximum absolute atomic E-state index is 13.4. The SMILES string of the molecule is CCCCN1C(=O)CCC(C(=O)NCCc2ccc(OC)cc2OC)C1c1ccccc1OC. The second kappa shape index (κ2) is 12.3. The highest BCUT2D eigenvalue weighted by molar-refractivity contribution is 5.85. The van der Waals surface area contributed by atoms with E-state index in [1.807, 2.05) is 47.4 Å². The highest BCUT2D eigenvalue weighted by atomic mass is 16.5. The number of para-hydroxylation sites is 1. The third-order valence-corrected chi connectivity index (χ3v) is 6.44. The van der Waals surface area contributed by atoms with Gasteiger partial charge in [0.25, 0.3) is 0 Å². The Kier molecular flexibility index (Phi) is 9.19. The van der Waals surface area contributed by atoms with Gasteiger partial charge in [0, 0.05) is 31.1 Å². The van der Waals surface area contributed by atoms with Crippen LogP contribution in [0.2, 0.25) is 0 Å². The lowest BCUT2D eigenvalue weighted by Crippen LogP contribution is -2.48. The standard InChI is InChI=1S/C27H36N2O5/c1-5-6-17-29-25(30)14-13-22(26(29)21-9-7-8-10-23(21)33-3)27(31)28-16-15-19-11-12-20(32-2)18-24(19)34-4/h7-12,18,22,26H,5-6,13-17H2,1-4H3,(H,28,31). The number of ether oxygens (including phenoxy) is 3. The van der Waals surface area contributed by atoms with Crippen LogP contribution in [0.3, 0.4) is 0 Å². The van der Waals surface area contributed by atoms with Crippen LogP contribution in [0.4, 0.5) is 0 Å². The van der Waals surface area contributed by atoms with Crippen molar-refractivity contribution in [3.63, 3.8) is 0 Å². The molecule has 34 heavy (non-hydrogen) atoms. The molecule has 2 atom stereocenters. The van der Waals surface area contributed by atoms with Crippen molar-refractivity contribution in [3.05, 3.63) is 53.6 Å². The van der Waals surface area contributed by atoms with Gasteiger partial charge in [-0.05, 0) is 37.0 Å². The molecule has 7 heteroatoms. The van der Waals surface area contributed by atoms with Crippen molar-refractivity contribution < 1.29 is 23.8 Å². The minimum atomic E-state index is -0.348. The summed E-state index contributed by atoms with van der Waals surface area (Å²) in [5, 5.41) is 3.10. The molecule has 2 amide bonds. The number of rotatable bonds is 11. The largest absolute Gasteiger partial charge is 0.497 e. The zero-order chi connectivity index (χ0) is 24.5. The Morgan fingerprint density at radius 2 is 1.82 bits per heavy atom. The Bertz CT molecular complexity index is 977. The first-order valence-corrected chi connectivity index (χ1v) is 11.9. The number of benzene rings is 2. The molecule has 1 aliphatic rings. The molecule has 0 aromatic heterocycles. The number of piperidine rings is 1. The molecule has 184 valence electrons. The first-order valence-electron chi connectivity index (χ1n) is 11.9. The fourth-order valence-electron chi connectivity index (χ4n) is 4.62. The Morgan fingerprint density at radius 1 is 1.06 bits per heavy atom. The van der Waals surface area contributed by atoms with Crippen LogP contribution in [0.15, 0.2) is 42.5 Å². The molecule has 1 fully saturated rings. The first kappa shape index (κ1) is 25.4. The Morgan fingerprint density at radius 3 is 2.53 bits per heavy atom. The molecule has 0 saturated carbocycles. The summed E-state index contributed by atoms with van der Waals surface area (Å²) in [7, 11) is 4.86. The third-order valence-electron chi connectivity index (χ3n) is 6.44. The van der Waals surface area contributed by atoms with Gasteiger partial charge in [-0.2, -0.15) is 0 Å². The van der Waals surface area contributed by atoms with Crippen molar-refractivity contribution in [2.24, 2.45) is 5.92 Å². The molecule has 0 aliphatic carbocycles. The average Bonchev–Trinajstić information content (AvgIpc) is 2.87. The Balaban J connectivity index is 1.78. The molecule has 0 radical (unpaired) electrons. The quantitative estimate of drug-likeness (QED) is 0.536. The van der Waals surface area contributed by atoms with Gasteiger partial charge in [0.1, 0.15) is 17.2 Å². The lowest BCUT2D eigenvalue weighted by atomic mass is 9.83. The van der Waals surface area contributed by atoms with E-state index < -0.39 is 0 Å². The van der Waals surface area contributed by atoms with Crippen LogP contribution < -0.4 is 19.5 Å². The summed E-state index contributed by atoms with van der Waals surface area (Å²) in [4.78, 5) is 28.2. The monoisotopic (exact) mass is 468 g/mol. The predicted molar refractivity (Wildman–Crippen MR) is 131 cm³/mol. The molecule has 0 spiro atoms. The van der Waals surface area contributed by atoms with Crippen LogP contribution in [0, 0.1) is 5.92 Å². The van der Waals surface area contributed by atoms with Crippen molar-refractivity contribution in [1.82, 2.24) is 10.2 Å². The van der Waals surface area contributed by atoms with E-state index in [9.17, 15) is 9.59 Å². The maximum Gasteiger partial charge on any atom is 0.225 e. The molecule has 2 unspecified atom stereocenters. The van der Waals surface area contributed by atoms with E-state index in [-0.39, 0.29) is 23.8 Å². The first-order chi connectivity index (χ1) is 16.5. The van der Waals surface area contributed by atoms with Gasteiger partial charge in [-0.25, -0.2) is 0 Å². The van der Waals surface area contributed by atoms with E-state index >= 15 is 0 Å². The number of unbranched alkanes of at least 4 members (excludes halogenated alkanes) is 1. The Hall–Kier alpha value is -3.22. The van der Waals surface area contributed by atoms with Gasteiger partial charge in [-0.1, -0.05) is 37.6 Å². The summed E-state index contributed by atoms with van der Waals surface area (Å²) in [5.41, 5.74) is 1.87. The van der Waals surface area contributed by atoms with Crippen molar-refractivity contribution in [2.75, 3.05) is 34.4 Å². The number of methoxy groups -OCH3 is 3. The van der Waals surface area contributed by atoms with Crippen molar-refractivity contribution in [3.8, 4) is 17.2 Å². The van der Waals surface area contributed by atoms with E-state index in [1.54, 1.807) is 21.3 Å². The second-order valence-electron chi connectivity index (χ2n) is 8.49. The highest BCUT2D eigenvalue weighted by Crippen LogP contribution is 2.40. The van der Waals surface area contributed by atoms with Crippen LogP contribution in [-0.2, 0) is 16.0 Å². The van der Waals surface area contributed by atoms with Crippen LogP contribution in [-0.4, -0.2) is 51.1 Å². The third kappa shape index (κ3) is 5.82. The normalized spacial score (nSPS) is 17.9. The molecule has 1 heterocycles. The molecule has 3 rings (SSSR count). The summed E-state index contributed by atoms with van der Waals surface area (Å²) in [6.07, 6.45) is 3.39. The fourth-order valence-corrected chi connectivity index (χ4v) is 4.62. The summed E-state index contributed by atoms with van der Waals surface area (Å²) < 4.78 is 16.3. The number of likely N-dealkylation sites (tertiary alicyclic amines) is 1. The zero-order valence-electron chi connectivity index (χ0n) is 20.6. The fraction of sp³-hybridized carbons (Fsp3) is 0.481. The van der Waals surface area contributed by atoms with Crippen molar-refractivity contribution in [2.45, 2.75) is 45.1 Å². The molecule has 1 saturated heterocycles. The maximum atomic E-state index is 13.4. The summed E-state index contributed by atoms with van der Waals surface area (Å²) in [5.74, 6) is 1.86. The smallest absolute Gasteiger partial charge is 0.225 e. The van der Waals surface area contributed by atoms with Gasteiger partial charge in [-0.15, -0.1) is 0 Å². The van der Waals surface area contributed by atoms with Gasteiger partial charge < -0.3 is 24.4 Å². The molecular weight excluding hydrogens is 432 g/mol. The van der Waals surface area contributed by atoms with Gasteiger partial charge >= 0.3 is 0 Å². The van der Waals surface area contributed by atoms with E-state index in [2.05, 4.69) is 12.2 Å². The summed E-state index contributed by atoms with van der Waals surface area (Å²) >= 11 is 0.